The van der Waals surface area contributed by atoms with E-state index in [2.05, 4.69) is 0 Å². The molecule has 2 aliphatic carbocycles. The number of hydrogen-bond acceptors (Lipinski definition) is 4. The number of hydrogen-bond donors (Lipinski definition) is 1. The van der Waals surface area contributed by atoms with Gasteiger partial charge in [-0.2, -0.15) is 0 Å². The summed E-state index contributed by atoms with van der Waals surface area (Å²) < 4.78 is 10.9. The van der Waals surface area contributed by atoms with Crippen molar-refractivity contribution in [2.24, 2.45) is 0 Å². The van der Waals surface area contributed by atoms with Gasteiger partial charge >= 0.3 is 0 Å². The van der Waals surface area contributed by atoms with E-state index in [9.17, 15) is 9.90 Å². The number of aryl methyl sites for hydroxylation is 1. The van der Waals surface area contributed by atoms with E-state index in [1.54, 1.807) is 0 Å². The summed E-state index contributed by atoms with van der Waals surface area (Å²) in [6.07, 6.45) is 1.29. The monoisotopic (exact) mass is 286 g/mol. The Balaban J connectivity index is 1.99. The van der Waals surface area contributed by atoms with Gasteiger partial charge in [0.25, 0.3) is 0 Å². The number of aliphatic hydroxyl groups is 1. The molecular formula is C17H18O4. The molecule has 110 valence electrons. The van der Waals surface area contributed by atoms with Crippen LogP contribution in [0.25, 0.3) is 0 Å². The molecule has 0 aromatic heterocycles. The predicted molar refractivity (Wildman–Crippen MR) is 76.6 cm³/mol. The molecule has 0 radical (unpaired) electrons. The lowest BCUT2D eigenvalue weighted by Crippen LogP contribution is -2.54. The summed E-state index contributed by atoms with van der Waals surface area (Å²) in [4.78, 5) is 12.8. The van der Waals surface area contributed by atoms with Crippen LogP contribution in [0.1, 0.15) is 38.3 Å². The van der Waals surface area contributed by atoms with Gasteiger partial charge in [-0.15, -0.1) is 0 Å². The van der Waals surface area contributed by atoms with Gasteiger partial charge in [-0.05, 0) is 68.0 Å². The molecule has 21 heavy (non-hydrogen) atoms. The summed E-state index contributed by atoms with van der Waals surface area (Å²) in [5.74, 6) is 1.41. The number of rotatable bonds is 0. The second kappa shape index (κ2) is 3.69. The zero-order chi connectivity index (χ0) is 15.0. The quantitative estimate of drug-likeness (QED) is 0.795. The summed E-state index contributed by atoms with van der Waals surface area (Å²) in [6.45, 7) is 5.75. The first-order valence-corrected chi connectivity index (χ1v) is 7.28. The van der Waals surface area contributed by atoms with Gasteiger partial charge in [-0.1, -0.05) is 0 Å². The number of benzene rings is 1. The zero-order valence-corrected chi connectivity index (χ0v) is 12.4. The van der Waals surface area contributed by atoms with Crippen LogP contribution in [-0.2, 0) is 16.6 Å². The summed E-state index contributed by atoms with van der Waals surface area (Å²) in [6, 6.07) is 3.84. The van der Waals surface area contributed by atoms with Crippen molar-refractivity contribution >= 4 is 5.78 Å². The zero-order valence-electron chi connectivity index (χ0n) is 12.4. The molecule has 2 atom stereocenters. The van der Waals surface area contributed by atoms with Gasteiger partial charge in [0.2, 0.25) is 6.79 Å². The standard InChI is InChI=1S/C17H18O4/c1-9-10(2)17(19)5-4-11-6-13-14(21-8-20-13)7-12(11)16(17,3)15(9)18/h6-7,19H,4-5,8H2,1-3H3/t16-,17-/m0/s1. The first-order chi connectivity index (χ1) is 9.89. The normalized spacial score (nSPS) is 33.2. The highest BCUT2D eigenvalue weighted by atomic mass is 16.7. The fourth-order valence-electron chi connectivity index (χ4n) is 4.17. The largest absolute Gasteiger partial charge is 0.454 e. The van der Waals surface area contributed by atoms with Crippen molar-refractivity contribution in [3.63, 3.8) is 0 Å². The number of Topliss-reactive ketones (excluding diaryl/α,β-unsaturated/α-hetero) is 1. The Morgan fingerprint density at radius 1 is 1.19 bits per heavy atom. The minimum absolute atomic E-state index is 0.0160. The first-order valence-electron chi connectivity index (χ1n) is 7.28. The van der Waals surface area contributed by atoms with Crippen molar-refractivity contribution in [2.75, 3.05) is 6.79 Å². The van der Waals surface area contributed by atoms with Crippen molar-refractivity contribution in [2.45, 2.75) is 44.6 Å². The Morgan fingerprint density at radius 2 is 1.86 bits per heavy atom. The molecule has 1 aromatic carbocycles. The van der Waals surface area contributed by atoms with Crippen molar-refractivity contribution < 1.29 is 19.4 Å². The molecule has 3 aliphatic rings. The van der Waals surface area contributed by atoms with Crippen LogP contribution in [0.4, 0.5) is 0 Å². The highest BCUT2D eigenvalue weighted by Gasteiger charge is 2.61. The smallest absolute Gasteiger partial charge is 0.231 e. The van der Waals surface area contributed by atoms with Crippen LogP contribution in [0.15, 0.2) is 23.3 Å². The lowest BCUT2D eigenvalue weighted by molar-refractivity contribution is -0.126. The molecule has 0 fully saturated rings. The lowest BCUT2D eigenvalue weighted by atomic mass is 9.61. The third-order valence-electron chi connectivity index (χ3n) is 5.70. The van der Waals surface area contributed by atoms with Gasteiger partial charge in [-0.3, -0.25) is 4.79 Å². The fraction of sp³-hybridized carbons (Fsp3) is 0.471. The van der Waals surface area contributed by atoms with E-state index in [1.165, 1.54) is 0 Å². The maximum Gasteiger partial charge on any atom is 0.231 e. The van der Waals surface area contributed by atoms with Gasteiger partial charge in [0.15, 0.2) is 17.3 Å². The topological polar surface area (TPSA) is 55.8 Å². The van der Waals surface area contributed by atoms with Crippen LogP contribution >= 0.6 is 0 Å². The van der Waals surface area contributed by atoms with Crippen molar-refractivity contribution in [3.8, 4) is 11.5 Å². The molecule has 0 bridgehead atoms. The van der Waals surface area contributed by atoms with Crippen molar-refractivity contribution in [1.29, 1.82) is 0 Å². The van der Waals surface area contributed by atoms with E-state index >= 15 is 0 Å². The fourth-order valence-corrected chi connectivity index (χ4v) is 4.17. The van der Waals surface area contributed by atoms with Crippen LogP contribution < -0.4 is 9.47 Å². The molecule has 1 N–H and O–H groups in total. The van der Waals surface area contributed by atoms with Crippen LogP contribution in [0.5, 0.6) is 11.5 Å². The maximum atomic E-state index is 12.8. The number of ether oxygens (including phenoxy) is 2. The molecule has 4 heteroatoms. The summed E-state index contributed by atoms with van der Waals surface area (Å²) >= 11 is 0. The number of allylic oxidation sites excluding steroid dienone is 1. The Labute approximate surface area is 123 Å². The molecule has 0 unspecified atom stereocenters. The minimum atomic E-state index is -1.09. The Hall–Kier alpha value is -1.81. The Bertz CT molecular complexity index is 718. The number of fused-ring (bicyclic) bond motifs is 4. The average molecular weight is 286 g/mol. The minimum Gasteiger partial charge on any atom is -0.454 e. The number of carbonyl (C=O) groups excluding carboxylic acids is 1. The third-order valence-corrected chi connectivity index (χ3v) is 5.70. The highest BCUT2D eigenvalue weighted by molar-refractivity contribution is 6.09. The first kappa shape index (κ1) is 12.9. The van der Waals surface area contributed by atoms with Gasteiger partial charge in [0.1, 0.15) is 5.60 Å². The molecular weight excluding hydrogens is 268 g/mol. The van der Waals surface area contributed by atoms with Gasteiger partial charge in [0.05, 0.1) is 5.41 Å². The molecule has 4 rings (SSSR count). The molecule has 1 heterocycles. The maximum absolute atomic E-state index is 12.8. The Morgan fingerprint density at radius 3 is 2.57 bits per heavy atom. The molecule has 0 spiro atoms. The van der Waals surface area contributed by atoms with E-state index in [-0.39, 0.29) is 12.6 Å². The Kier molecular flexibility index (Phi) is 2.26. The molecule has 4 nitrogen and oxygen atoms in total. The van der Waals surface area contributed by atoms with Crippen molar-refractivity contribution in [3.05, 3.63) is 34.4 Å². The molecule has 0 amide bonds. The molecule has 0 saturated carbocycles. The van der Waals surface area contributed by atoms with E-state index in [0.29, 0.717) is 17.7 Å². The summed E-state index contributed by atoms with van der Waals surface area (Å²) in [5.41, 5.74) is 1.43. The number of carbonyl (C=O) groups is 1. The highest BCUT2D eigenvalue weighted by Crippen LogP contribution is 2.56. The van der Waals surface area contributed by atoms with Crippen LogP contribution in [0, 0.1) is 0 Å². The van der Waals surface area contributed by atoms with E-state index in [1.807, 2.05) is 32.9 Å². The van der Waals surface area contributed by atoms with Gasteiger partial charge in [-0.25, -0.2) is 0 Å². The van der Waals surface area contributed by atoms with E-state index in [4.69, 9.17) is 9.47 Å². The summed E-state index contributed by atoms with van der Waals surface area (Å²) in [5, 5.41) is 11.2. The van der Waals surface area contributed by atoms with Gasteiger partial charge in [0, 0.05) is 0 Å². The van der Waals surface area contributed by atoms with Crippen LogP contribution in [-0.4, -0.2) is 23.3 Å². The average Bonchev–Trinajstić information content (AvgIpc) is 2.98. The second-order valence-electron chi connectivity index (χ2n) is 6.43. The van der Waals surface area contributed by atoms with E-state index < -0.39 is 11.0 Å². The SMILES string of the molecule is CC1=C(C)[C@@]2(O)CCc3cc4c(cc3[C@@]2(C)C1=O)OCO4. The summed E-state index contributed by atoms with van der Waals surface area (Å²) in [7, 11) is 0. The molecule has 1 aromatic rings. The van der Waals surface area contributed by atoms with E-state index in [0.717, 1.165) is 28.9 Å². The van der Waals surface area contributed by atoms with Crippen LogP contribution in [0.3, 0.4) is 0 Å². The molecule has 1 aliphatic heterocycles. The lowest BCUT2D eigenvalue weighted by Gasteiger charge is -2.45. The second-order valence-corrected chi connectivity index (χ2v) is 6.43. The number of ketones is 1. The predicted octanol–water partition coefficient (Wildman–Crippen LogP) is 2.27. The van der Waals surface area contributed by atoms with Crippen molar-refractivity contribution in [1.82, 2.24) is 0 Å². The molecule has 0 saturated heterocycles. The van der Waals surface area contributed by atoms with Gasteiger partial charge < -0.3 is 14.6 Å². The third kappa shape index (κ3) is 1.27. The van der Waals surface area contributed by atoms with Crippen LogP contribution in [0.2, 0.25) is 0 Å².